The van der Waals surface area contributed by atoms with Crippen molar-refractivity contribution in [1.82, 2.24) is 0 Å². The molecule has 1 atom stereocenters. The molecule has 0 fully saturated rings. The minimum absolute atomic E-state index is 0.0768. The molecular weight excluding hydrogens is 244 g/mol. The number of carboxylic acid groups (broad SMARTS) is 1. The summed E-state index contributed by atoms with van der Waals surface area (Å²) in [7, 11) is 0. The van der Waals surface area contributed by atoms with Gasteiger partial charge in [0.2, 0.25) is 0 Å². The van der Waals surface area contributed by atoms with Gasteiger partial charge in [-0.1, -0.05) is 33.3 Å². The highest BCUT2D eigenvalue weighted by molar-refractivity contribution is 5.94. The lowest BCUT2D eigenvalue weighted by atomic mass is 9.91. The molecule has 0 rings (SSSR count). The van der Waals surface area contributed by atoms with Crippen molar-refractivity contribution in [2.45, 2.75) is 60.0 Å². The molecule has 0 amide bonds. The number of allylic oxidation sites excluding steroid dienone is 1. The van der Waals surface area contributed by atoms with Crippen LogP contribution in [-0.4, -0.2) is 22.6 Å². The molecule has 0 bridgehead atoms. The second-order valence-electron chi connectivity index (χ2n) is 6.05. The normalized spacial score (nSPS) is 14.4. The van der Waals surface area contributed by atoms with Gasteiger partial charge in [-0.05, 0) is 33.1 Å². The van der Waals surface area contributed by atoms with E-state index in [0.717, 1.165) is 6.42 Å². The van der Waals surface area contributed by atoms with Gasteiger partial charge in [0.25, 0.3) is 0 Å². The van der Waals surface area contributed by atoms with Crippen molar-refractivity contribution in [3.63, 3.8) is 0 Å². The minimum Gasteiger partial charge on any atom is -0.478 e. The van der Waals surface area contributed by atoms with Gasteiger partial charge < -0.3 is 9.84 Å². The molecule has 19 heavy (non-hydrogen) atoms. The molecule has 0 aliphatic carbocycles. The first-order valence-corrected chi connectivity index (χ1v) is 6.76. The van der Waals surface area contributed by atoms with Crippen LogP contribution in [0.3, 0.4) is 0 Å². The van der Waals surface area contributed by atoms with Crippen LogP contribution in [0.4, 0.5) is 0 Å². The van der Waals surface area contributed by atoms with Gasteiger partial charge in [0.1, 0.15) is 5.60 Å². The second kappa shape index (κ2) is 7.31. The van der Waals surface area contributed by atoms with Crippen LogP contribution in [0.15, 0.2) is 11.6 Å². The zero-order valence-corrected chi connectivity index (χ0v) is 12.8. The molecule has 4 nitrogen and oxygen atoms in total. The van der Waals surface area contributed by atoms with E-state index < -0.39 is 23.5 Å². The number of carbonyl (C=O) groups excluding carboxylic acids is 1. The summed E-state index contributed by atoms with van der Waals surface area (Å²) in [6.45, 7) is 11.0. The highest BCUT2D eigenvalue weighted by Crippen LogP contribution is 2.23. The number of ether oxygens (including phenoxy) is 1. The predicted octanol–water partition coefficient (Wildman–Crippen LogP) is 3.41. The van der Waals surface area contributed by atoms with Gasteiger partial charge >= 0.3 is 11.9 Å². The summed E-state index contributed by atoms with van der Waals surface area (Å²) in [6.07, 6.45) is 2.85. The maximum absolute atomic E-state index is 12.1. The fourth-order valence-corrected chi connectivity index (χ4v) is 1.76. The Hall–Kier alpha value is -1.32. The summed E-state index contributed by atoms with van der Waals surface area (Å²) in [4.78, 5) is 23.5. The first-order valence-electron chi connectivity index (χ1n) is 6.76. The number of hydrogen-bond acceptors (Lipinski definition) is 3. The van der Waals surface area contributed by atoms with Gasteiger partial charge in [-0.2, -0.15) is 0 Å². The molecule has 4 heteroatoms. The third kappa shape index (κ3) is 6.99. The van der Waals surface area contributed by atoms with Gasteiger partial charge in [0.05, 0.1) is 5.92 Å². The van der Waals surface area contributed by atoms with E-state index >= 15 is 0 Å². The van der Waals surface area contributed by atoms with Gasteiger partial charge in [0.15, 0.2) is 0 Å². The largest absolute Gasteiger partial charge is 0.478 e. The average molecular weight is 270 g/mol. The smallest absolute Gasteiger partial charge is 0.332 e. The van der Waals surface area contributed by atoms with Crippen molar-refractivity contribution < 1.29 is 19.4 Å². The van der Waals surface area contributed by atoms with E-state index in [2.05, 4.69) is 0 Å². The first kappa shape index (κ1) is 17.7. The lowest BCUT2D eigenvalue weighted by Crippen LogP contribution is -2.31. The quantitative estimate of drug-likeness (QED) is 0.593. The minimum atomic E-state index is -1.04. The highest BCUT2D eigenvalue weighted by atomic mass is 16.6. The molecule has 0 radical (unpaired) electrons. The van der Waals surface area contributed by atoms with Crippen LogP contribution in [0.5, 0.6) is 0 Å². The number of rotatable bonds is 6. The Balaban J connectivity index is 5.26. The Bertz CT molecular complexity index is 348. The molecule has 0 aliphatic rings. The molecule has 0 heterocycles. The molecule has 0 aliphatic heterocycles. The van der Waals surface area contributed by atoms with Crippen molar-refractivity contribution in [1.29, 1.82) is 0 Å². The topological polar surface area (TPSA) is 63.6 Å². The summed E-state index contributed by atoms with van der Waals surface area (Å²) in [6, 6.07) is 0. The number of carboxylic acids is 1. The third-order valence-electron chi connectivity index (χ3n) is 2.40. The summed E-state index contributed by atoms with van der Waals surface area (Å²) >= 11 is 0. The Kier molecular flexibility index (Phi) is 6.81. The van der Waals surface area contributed by atoms with Crippen molar-refractivity contribution >= 4 is 11.9 Å². The van der Waals surface area contributed by atoms with Crippen LogP contribution in [-0.2, 0) is 14.3 Å². The monoisotopic (exact) mass is 270 g/mol. The van der Waals surface area contributed by atoms with Crippen LogP contribution in [0.25, 0.3) is 0 Å². The van der Waals surface area contributed by atoms with Crippen LogP contribution >= 0.6 is 0 Å². The summed E-state index contributed by atoms with van der Waals surface area (Å²) in [5, 5.41) is 9.29. The maximum Gasteiger partial charge on any atom is 0.332 e. The predicted molar refractivity (Wildman–Crippen MR) is 74.8 cm³/mol. The molecule has 0 spiro atoms. The van der Waals surface area contributed by atoms with E-state index in [1.165, 1.54) is 0 Å². The van der Waals surface area contributed by atoms with Gasteiger partial charge in [-0.15, -0.1) is 0 Å². The van der Waals surface area contributed by atoms with Crippen LogP contribution in [0, 0.1) is 11.8 Å². The zero-order valence-electron chi connectivity index (χ0n) is 12.8. The van der Waals surface area contributed by atoms with E-state index in [1.54, 1.807) is 26.8 Å². The lowest BCUT2D eigenvalue weighted by molar-refractivity contribution is -0.160. The number of esters is 1. The third-order valence-corrected chi connectivity index (χ3v) is 2.40. The summed E-state index contributed by atoms with van der Waals surface area (Å²) in [5.41, 5.74) is -0.462. The van der Waals surface area contributed by atoms with Crippen molar-refractivity contribution in [3.8, 4) is 0 Å². The van der Waals surface area contributed by atoms with Gasteiger partial charge in [-0.3, -0.25) is 4.79 Å². The van der Waals surface area contributed by atoms with E-state index in [9.17, 15) is 14.7 Å². The Labute approximate surface area is 115 Å². The SMILES string of the molecule is CCC[C@@H](C(=O)OC(C)(C)C)/C(=C\C(C)C)C(=O)O. The van der Waals surface area contributed by atoms with Crippen molar-refractivity contribution in [3.05, 3.63) is 11.6 Å². The molecule has 0 aromatic carbocycles. The Morgan fingerprint density at radius 3 is 2.11 bits per heavy atom. The summed E-state index contributed by atoms with van der Waals surface area (Å²) < 4.78 is 5.32. The average Bonchev–Trinajstić information content (AvgIpc) is 2.19. The van der Waals surface area contributed by atoms with Crippen molar-refractivity contribution in [2.75, 3.05) is 0 Å². The molecular formula is C15H26O4. The molecule has 0 aromatic rings. The van der Waals surface area contributed by atoms with E-state index in [-0.39, 0.29) is 11.5 Å². The van der Waals surface area contributed by atoms with E-state index in [0.29, 0.717) is 6.42 Å². The second-order valence-corrected chi connectivity index (χ2v) is 6.05. The highest BCUT2D eigenvalue weighted by Gasteiger charge is 2.31. The number of carbonyl (C=O) groups is 2. The molecule has 110 valence electrons. The van der Waals surface area contributed by atoms with Gasteiger partial charge in [-0.25, -0.2) is 4.79 Å². The maximum atomic E-state index is 12.1. The Morgan fingerprint density at radius 1 is 1.26 bits per heavy atom. The lowest BCUT2D eigenvalue weighted by Gasteiger charge is -2.24. The summed E-state index contributed by atoms with van der Waals surface area (Å²) in [5.74, 6) is -2.11. The van der Waals surface area contributed by atoms with E-state index in [4.69, 9.17) is 4.74 Å². The molecule has 0 aromatic heterocycles. The zero-order chi connectivity index (χ0) is 15.2. The molecule has 0 unspecified atom stereocenters. The molecule has 0 saturated heterocycles. The van der Waals surface area contributed by atoms with Crippen LogP contribution in [0.2, 0.25) is 0 Å². The fraction of sp³-hybridized carbons (Fsp3) is 0.733. The first-order chi connectivity index (χ1) is 8.58. The fourth-order valence-electron chi connectivity index (χ4n) is 1.76. The van der Waals surface area contributed by atoms with E-state index in [1.807, 2.05) is 20.8 Å². The van der Waals surface area contributed by atoms with Crippen molar-refractivity contribution in [2.24, 2.45) is 11.8 Å². The number of hydrogen-bond donors (Lipinski definition) is 1. The Morgan fingerprint density at radius 2 is 1.79 bits per heavy atom. The van der Waals surface area contributed by atoms with Gasteiger partial charge in [0, 0.05) is 5.57 Å². The molecule has 0 saturated carbocycles. The van der Waals surface area contributed by atoms with Crippen LogP contribution in [0.1, 0.15) is 54.4 Å². The standard InChI is InChI=1S/C15H26O4/c1-7-8-11(14(18)19-15(4,5)6)12(13(16)17)9-10(2)3/h9-11H,7-8H2,1-6H3,(H,16,17)/b12-9+/t11-/m1/s1. The molecule has 1 N–H and O–H groups in total. The van der Waals surface area contributed by atoms with Crippen LogP contribution < -0.4 is 0 Å². The number of aliphatic carboxylic acids is 1.